The molecule has 0 radical (unpaired) electrons. The lowest BCUT2D eigenvalue weighted by Gasteiger charge is -2.09. The summed E-state index contributed by atoms with van der Waals surface area (Å²) >= 11 is 3.97. The minimum atomic E-state index is 1.23. The molecule has 2 heteroatoms. The third kappa shape index (κ3) is 8.33. The lowest BCUT2D eigenvalue weighted by atomic mass is 10.2. The predicted octanol–water partition coefficient (Wildman–Crippen LogP) is 7.67. The molecule has 0 bridgehead atoms. The van der Waals surface area contributed by atoms with Crippen molar-refractivity contribution in [1.82, 2.24) is 0 Å². The molecule has 0 aliphatic carbocycles. The van der Waals surface area contributed by atoms with E-state index in [1.165, 1.54) is 78.2 Å². The van der Waals surface area contributed by atoms with Crippen LogP contribution in [0.2, 0.25) is 0 Å². The zero-order valence-electron chi connectivity index (χ0n) is 14.4. The van der Waals surface area contributed by atoms with Crippen molar-refractivity contribution in [2.45, 2.75) is 75.0 Å². The molecular weight excluding hydrogens is 304 g/mol. The summed E-state index contributed by atoms with van der Waals surface area (Å²) in [4.78, 5) is 2.78. The summed E-state index contributed by atoms with van der Waals surface area (Å²) in [5, 5.41) is 0. The van der Waals surface area contributed by atoms with E-state index in [1.807, 2.05) is 29.6 Å². The Hall–Kier alpha value is -0.340. The van der Waals surface area contributed by atoms with Crippen molar-refractivity contribution in [3.8, 4) is 0 Å². The van der Waals surface area contributed by atoms with Gasteiger partial charge in [-0.2, -0.15) is 0 Å². The van der Waals surface area contributed by atoms with Crippen molar-refractivity contribution >= 4 is 29.6 Å². The largest absolute Gasteiger partial charge is 0.126 e. The summed E-state index contributed by atoms with van der Waals surface area (Å²) in [5.74, 6) is 2.46. The van der Waals surface area contributed by atoms with Crippen LogP contribution in [0.1, 0.15) is 70.8 Å². The van der Waals surface area contributed by atoms with Crippen molar-refractivity contribution in [3.63, 3.8) is 0 Å². The van der Waals surface area contributed by atoms with Crippen molar-refractivity contribution in [2.75, 3.05) is 11.5 Å². The standard InChI is InChI=1S/C20H32S2/c1-4-7-9-11-15-21-19-13-14-20(18(6-3)17-19)22-16-12-10-8-5-2/h6,13-14,17H,3-5,7-12,15-16H2,1-2H3. The van der Waals surface area contributed by atoms with Crippen molar-refractivity contribution < 1.29 is 0 Å². The fourth-order valence-electron chi connectivity index (χ4n) is 2.34. The first-order valence-electron chi connectivity index (χ1n) is 8.83. The maximum atomic E-state index is 3.99. The second-order valence-electron chi connectivity index (χ2n) is 5.72. The van der Waals surface area contributed by atoms with E-state index >= 15 is 0 Å². The smallest absolute Gasteiger partial charge is 0.0145 e. The molecule has 0 nitrogen and oxygen atoms in total. The molecule has 0 spiro atoms. The maximum Gasteiger partial charge on any atom is 0.0145 e. The Bertz CT molecular complexity index is 412. The Labute approximate surface area is 146 Å². The molecule has 0 heterocycles. The Balaban J connectivity index is 2.39. The highest BCUT2D eigenvalue weighted by Crippen LogP contribution is 2.30. The van der Waals surface area contributed by atoms with Gasteiger partial charge >= 0.3 is 0 Å². The first kappa shape index (κ1) is 19.7. The highest BCUT2D eigenvalue weighted by atomic mass is 32.2. The fourth-order valence-corrected chi connectivity index (χ4v) is 4.34. The zero-order chi connectivity index (χ0) is 16.0. The summed E-state index contributed by atoms with van der Waals surface area (Å²) in [7, 11) is 0. The van der Waals surface area contributed by atoms with Crippen LogP contribution in [0.5, 0.6) is 0 Å². The third-order valence-corrected chi connectivity index (χ3v) is 5.98. The lowest BCUT2D eigenvalue weighted by molar-refractivity contribution is 0.706. The highest BCUT2D eigenvalue weighted by molar-refractivity contribution is 7.99. The van der Waals surface area contributed by atoms with Gasteiger partial charge < -0.3 is 0 Å². The Morgan fingerprint density at radius 1 is 0.864 bits per heavy atom. The molecule has 0 saturated heterocycles. The van der Waals surface area contributed by atoms with E-state index in [2.05, 4.69) is 38.6 Å². The molecular formula is C20H32S2. The molecule has 0 unspecified atom stereocenters. The van der Waals surface area contributed by atoms with Gasteiger partial charge in [-0.1, -0.05) is 65.0 Å². The summed E-state index contributed by atoms with van der Waals surface area (Å²) in [6.45, 7) is 8.52. The minimum absolute atomic E-state index is 1.23. The first-order chi connectivity index (χ1) is 10.8. The number of hydrogen-bond acceptors (Lipinski definition) is 2. The van der Waals surface area contributed by atoms with Crippen molar-refractivity contribution in [1.29, 1.82) is 0 Å². The van der Waals surface area contributed by atoms with Crippen molar-refractivity contribution in [3.05, 3.63) is 30.3 Å². The van der Waals surface area contributed by atoms with Crippen LogP contribution in [0, 0.1) is 0 Å². The summed E-state index contributed by atoms with van der Waals surface area (Å²) in [5.41, 5.74) is 1.30. The van der Waals surface area contributed by atoms with Gasteiger partial charge in [0.1, 0.15) is 0 Å². The van der Waals surface area contributed by atoms with Crippen molar-refractivity contribution in [2.24, 2.45) is 0 Å². The Kier molecular flexibility index (Phi) is 11.8. The second-order valence-corrected chi connectivity index (χ2v) is 8.03. The molecule has 1 aromatic rings. The van der Waals surface area contributed by atoms with Gasteiger partial charge in [0.05, 0.1) is 0 Å². The monoisotopic (exact) mass is 336 g/mol. The molecule has 0 atom stereocenters. The van der Waals surface area contributed by atoms with Crippen LogP contribution in [0.25, 0.3) is 6.08 Å². The second kappa shape index (κ2) is 13.1. The average molecular weight is 337 g/mol. The van der Waals surface area contributed by atoms with Crippen LogP contribution in [-0.4, -0.2) is 11.5 Å². The molecule has 0 saturated carbocycles. The van der Waals surface area contributed by atoms with Crippen LogP contribution in [0.15, 0.2) is 34.6 Å². The van der Waals surface area contributed by atoms with Gasteiger partial charge in [0.2, 0.25) is 0 Å². The van der Waals surface area contributed by atoms with Gasteiger partial charge in [0, 0.05) is 9.79 Å². The topological polar surface area (TPSA) is 0 Å². The van der Waals surface area contributed by atoms with Gasteiger partial charge in [-0.05, 0) is 48.1 Å². The Morgan fingerprint density at radius 3 is 2.09 bits per heavy atom. The summed E-state index contributed by atoms with van der Waals surface area (Å²) in [6.07, 6.45) is 12.7. The van der Waals surface area contributed by atoms with Crippen LogP contribution in [0.4, 0.5) is 0 Å². The van der Waals surface area contributed by atoms with Crippen LogP contribution < -0.4 is 0 Å². The van der Waals surface area contributed by atoms with E-state index < -0.39 is 0 Å². The van der Waals surface area contributed by atoms with Crippen LogP contribution in [-0.2, 0) is 0 Å². The minimum Gasteiger partial charge on any atom is -0.126 e. The molecule has 0 N–H and O–H groups in total. The van der Waals surface area contributed by atoms with E-state index in [0.29, 0.717) is 0 Å². The molecule has 0 amide bonds. The van der Waals surface area contributed by atoms with E-state index in [-0.39, 0.29) is 0 Å². The number of benzene rings is 1. The average Bonchev–Trinajstić information content (AvgIpc) is 2.55. The summed E-state index contributed by atoms with van der Waals surface area (Å²) in [6, 6.07) is 6.88. The number of unbranched alkanes of at least 4 members (excludes halogenated alkanes) is 6. The molecule has 1 rings (SSSR count). The maximum absolute atomic E-state index is 3.99. The Morgan fingerprint density at radius 2 is 1.50 bits per heavy atom. The van der Waals surface area contributed by atoms with E-state index in [1.54, 1.807) is 0 Å². The fraction of sp³-hybridized carbons (Fsp3) is 0.600. The predicted molar refractivity (Wildman–Crippen MR) is 106 cm³/mol. The van der Waals surface area contributed by atoms with Gasteiger partial charge in [-0.3, -0.25) is 0 Å². The zero-order valence-corrected chi connectivity index (χ0v) is 16.0. The molecule has 22 heavy (non-hydrogen) atoms. The van der Waals surface area contributed by atoms with Gasteiger partial charge in [-0.15, -0.1) is 23.5 Å². The molecule has 0 aliphatic rings. The number of thioether (sulfide) groups is 2. The number of rotatable bonds is 13. The highest BCUT2D eigenvalue weighted by Gasteiger charge is 2.03. The summed E-state index contributed by atoms with van der Waals surface area (Å²) < 4.78 is 0. The van der Waals surface area contributed by atoms with Gasteiger partial charge in [-0.25, -0.2) is 0 Å². The molecule has 0 aromatic heterocycles. The van der Waals surface area contributed by atoms with Crippen LogP contribution >= 0.6 is 23.5 Å². The molecule has 0 aliphatic heterocycles. The van der Waals surface area contributed by atoms with Gasteiger partial charge in [0.25, 0.3) is 0 Å². The SMILES string of the molecule is C=Cc1cc(SCCCCCC)ccc1SCCCCCC. The third-order valence-electron chi connectivity index (χ3n) is 3.72. The number of hydrogen-bond donors (Lipinski definition) is 0. The van der Waals surface area contributed by atoms with Crippen LogP contribution in [0.3, 0.4) is 0 Å². The van der Waals surface area contributed by atoms with E-state index in [9.17, 15) is 0 Å². The van der Waals surface area contributed by atoms with Gasteiger partial charge in [0.15, 0.2) is 0 Å². The lowest BCUT2D eigenvalue weighted by Crippen LogP contribution is -1.86. The molecule has 1 aromatic carbocycles. The molecule has 0 fully saturated rings. The van der Waals surface area contributed by atoms with E-state index in [4.69, 9.17) is 0 Å². The normalized spacial score (nSPS) is 10.8. The first-order valence-corrected chi connectivity index (χ1v) is 10.8. The quantitative estimate of drug-likeness (QED) is 0.268. The molecule has 124 valence electrons. The van der Waals surface area contributed by atoms with E-state index in [0.717, 1.165) is 0 Å².